The Bertz CT molecular complexity index is 343. The Labute approximate surface area is 135 Å². The molecule has 0 amide bonds. The zero-order valence-corrected chi connectivity index (χ0v) is 14.8. The van der Waals surface area contributed by atoms with Gasteiger partial charge < -0.3 is 19.6 Å². The first-order valence-corrected chi connectivity index (χ1v) is 8.53. The van der Waals surface area contributed by atoms with Gasteiger partial charge in [-0.05, 0) is 12.8 Å². The molecule has 0 bridgehead atoms. The van der Waals surface area contributed by atoms with Crippen LogP contribution in [0.4, 0.5) is 0 Å². The van der Waals surface area contributed by atoms with Crippen LogP contribution in [0.1, 0.15) is 25.7 Å². The van der Waals surface area contributed by atoms with Gasteiger partial charge in [-0.1, -0.05) is 12.8 Å². The van der Waals surface area contributed by atoms with E-state index in [-0.39, 0.29) is 0 Å². The van der Waals surface area contributed by atoms with Gasteiger partial charge in [0.1, 0.15) is 0 Å². The lowest BCUT2D eigenvalue weighted by Crippen LogP contribution is -2.28. The van der Waals surface area contributed by atoms with Crippen LogP contribution in [0.3, 0.4) is 0 Å². The van der Waals surface area contributed by atoms with E-state index in [2.05, 4.69) is 47.8 Å². The fourth-order valence-corrected chi connectivity index (χ4v) is 3.00. The molecule has 2 rings (SSSR count). The average Bonchev–Trinajstić information content (AvgIpc) is 2.98. The largest absolute Gasteiger partial charge is 0.344 e. The minimum absolute atomic E-state index is 0.948. The molecule has 0 unspecified atom stereocenters. The summed E-state index contributed by atoms with van der Waals surface area (Å²) < 4.78 is 0. The maximum atomic E-state index is 4.71. The van der Waals surface area contributed by atoms with E-state index in [1.165, 1.54) is 25.7 Å². The molecule has 2 saturated heterocycles. The monoisotopic (exact) mass is 308 g/mol. The summed E-state index contributed by atoms with van der Waals surface area (Å²) >= 11 is 0. The van der Waals surface area contributed by atoms with Gasteiger partial charge in [-0.25, -0.2) is 0 Å². The van der Waals surface area contributed by atoms with E-state index in [0.29, 0.717) is 0 Å². The Morgan fingerprint density at radius 1 is 0.591 bits per heavy atom. The topological polar surface area (TPSA) is 37.7 Å². The van der Waals surface area contributed by atoms with Gasteiger partial charge in [-0.15, -0.1) is 0 Å². The first kappa shape index (κ1) is 16.9. The molecule has 2 aliphatic heterocycles. The van der Waals surface area contributed by atoms with E-state index in [0.717, 1.165) is 51.2 Å². The van der Waals surface area contributed by atoms with Crippen molar-refractivity contribution >= 4 is 11.9 Å². The first-order valence-electron chi connectivity index (χ1n) is 8.53. The van der Waals surface area contributed by atoms with E-state index < -0.39 is 0 Å². The molecular weight excluding hydrogens is 276 g/mol. The zero-order chi connectivity index (χ0) is 15.9. The molecule has 0 saturated carbocycles. The predicted molar refractivity (Wildman–Crippen MR) is 93.6 cm³/mol. The van der Waals surface area contributed by atoms with Crippen molar-refractivity contribution in [3.8, 4) is 0 Å². The molecular formula is C16H32N6. The van der Waals surface area contributed by atoms with Gasteiger partial charge in [-0.3, -0.25) is 9.98 Å². The zero-order valence-electron chi connectivity index (χ0n) is 14.8. The average molecular weight is 308 g/mol. The van der Waals surface area contributed by atoms with Crippen LogP contribution < -0.4 is 0 Å². The van der Waals surface area contributed by atoms with E-state index in [9.17, 15) is 0 Å². The highest BCUT2D eigenvalue weighted by atomic mass is 15.4. The van der Waals surface area contributed by atoms with Gasteiger partial charge in [0.2, 0.25) is 0 Å². The van der Waals surface area contributed by atoms with E-state index >= 15 is 0 Å². The minimum Gasteiger partial charge on any atom is -0.344 e. The molecule has 0 atom stereocenters. The third kappa shape index (κ3) is 4.52. The normalized spacial score (nSPS) is 18.7. The standard InChI is InChI=1S/C16H32N6/c1-19-11-12-20(2)15(19)17-9-7-5-6-8-10-18-16-21(3)13-14-22(16)4/h5-14H2,1-4H3. The molecule has 2 aliphatic rings. The summed E-state index contributed by atoms with van der Waals surface area (Å²) in [6, 6.07) is 0. The maximum absolute atomic E-state index is 4.71. The van der Waals surface area contributed by atoms with Gasteiger partial charge in [0.05, 0.1) is 0 Å². The predicted octanol–water partition coefficient (Wildman–Crippen LogP) is 1.01. The Morgan fingerprint density at radius 3 is 1.23 bits per heavy atom. The highest BCUT2D eigenvalue weighted by Gasteiger charge is 2.19. The number of nitrogens with zero attached hydrogens (tertiary/aromatic N) is 6. The van der Waals surface area contributed by atoms with Crippen LogP contribution in [0.25, 0.3) is 0 Å². The van der Waals surface area contributed by atoms with Crippen LogP contribution in [0.2, 0.25) is 0 Å². The molecule has 0 aliphatic carbocycles. The molecule has 0 aromatic rings. The van der Waals surface area contributed by atoms with Crippen molar-refractivity contribution in [1.29, 1.82) is 0 Å². The van der Waals surface area contributed by atoms with Crippen LogP contribution in [-0.4, -0.2) is 99.0 Å². The maximum Gasteiger partial charge on any atom is 0.196 e. The molecule has 2 heterocycles. The third-order valence-electron chi connectivity index (χ3n) is 4.48. The summed E-state index contributed by atoms with van der Waals surface area (Å²) in [4.78, 5) is 18.4. The van der Waals surface area contributed by atoms with E-state index in [4.69, 9.17) is 9.98 Å². The number of likely N-dealkylation sites (N-methyl/N-ethyl adjacent to an activating group) is 4. The molecule has 126 valence electrons. The number of rotatable bonds is 7. The molecule has 0 N–H and O–H groups in total. The second kappa shape index (κ2) is 8.25. The fourth-order valence-electron chi connectivity index (χ4n) is 3.00. The Kier molecular flexibility index (Phi) is 6.34. The van der Waals surface area contributed by atoms with Crippen LogP contribution in [0.15, 0.2) is 9.98 Å². The lowest BCUT2D eigenvalue weighted by Gasteiger charge is -2.16. The summed E-state index contributed by atoms with van der Waals surface area (Å²) in [6.45, 7) is 6.28. The summed E-state index contributed by atoms with van der Waals surface area (Å²) in [5, 5.41) is 0. The van der Waals surface area contributed by atoms with Crippen LogP contribution in [-0.2, 0) is 0 Å². The van der Waals surface area contributed by atoms with Gasteiger partial charge in [-0.2, -0.15) is 0 Å². The highest BCUT2D eigenvalue weighted by Crippen LogP contribution is 2.07. The number of guanidine groups is 2. The van der Waals surface area contributed by atoms with Crippen molar-refractivity contribution in [2.45, 2.75) is 25.7 Å². The van der Waals surface area contributed by atoms with Crippen molar-refractivity contribution in [1.82, 2.24) is 19.6 Å². The smallest absolute Gasteiger partial charge is 0.196 e. The summed E-state index contributed by atoms with van der Waals surface area (Å²) in [5.74, 6) is 2.30. The third-order valence-corrected chi connectivity index (χ3v) is 4.48. The van der Waals surface area contributed by atoms with Crippen molar-refractivity contribution in [3.63, 3.8) is 0 Å². The lowest BCUT2D eigenvalue weighted by molar-refractivity contribution is 0.553. The van der Waals surface area contributed by atoms with E-state index in [1.807, 2.05) is 0 Å². The van der Waals surface area contributed by atoms with Gasteiger partial charge in [0, 0.05) is 67.5 Å². The molecule has 0 spiro atoms. The second-order valence-corrected chi connectivity index (χ2v) is 6.46. The summed E-state index contributed by atoms with van der Waals surface area (Å²) in [6.07, 6.45) is 4.87. The Balaban J connectivity index is 1.55. The van der Waals surface area contributed by atoms with Crippen LogP contribution in [0, 0.1) is 0 Å². The highest BCUT2D eigenvalue weighted by molar-refractivity contribution is 5.81. The number of hydrogen-bond acceptors (Lipinski definition) is 2. The van der Waals surface area contributed by atoms with Crippen molar-refractivity contribution in [3.05, 3.63) is 0 Å². The molecule has 2 fully saturated rings. The Hall–Kier alpha value is -1.46. The Morgan fingerprint density at radius 2 is 0.909 bits per heavy atom. The van der Waals surface area contributed by atoms with Gasteiger partial charge in [0.25, 0.3) is 0 Å². The van der Waals surface area contributed by atoms with Crippen LogP contribution in [0.5, 0.6) is 0 Å². The molecule has 22 heavy (non-hydrogen) atoms. The fraction of sp³-hybridized carbons (Fsp3) is 0.875. The SMILES string of the molecule is CN1CCN(C)C1=NCCCCCCN=C1N(C)CCN1C. The first-order chi connectivity index (χ1) is 10.6. The van der Waals surface area contributed by atoms with Crippen molar-refractivity contribution in [2.24, 2.45) is 9.98 Å². The quantitative estimate of drug-likeness (QED) is 0.658. The second-order valence-electron chi connectivity index (χ2n) is 6.46. The molecule has 6 nitrogen and oxygen atoms in total. The minimum atomic E-state index is 0.948. The van der Waals surface area contributed by atoms with Gasteiger partial charge in [0.15, 0.2) is 11.9 Å². The van der Waals surface area contributed by atoms with Crippen molar-refractivity contribution < 1.29 is 0 Å². The lowest BCUT2D eigenvalue weighted by atomic mass is 10.2. The van der Waals surface area contributed by atoms with Gasteiger partial charge >= 0.3 is 0 Å². The van der Waals surface area contributed by atoms with Crippen LogP contribution >= 0.6 is 0 Å². The van der Waals surface area contributed by atoms with E-state index in [1.54, 1.807) is 0 Å². The molecule has 6 heteroatoms. The number of hydrogen-bond donors (Lipinski definition) is 0. The molecule has 0 aromatic heterocycles. The molecule has 0 aromatic carbocycles. The summed E-state index contributed by atoms with van der Waals surface area (Å²) in [5.41, 5.74) is 0. The summed E-state index contributed by atoms with van der Waals surface area (Å²) in [7, 11) is 8.49. The van der Waals surface area contributed by atoms with Crippen molar-refractivity contribution in [2.75, 3.05) is 67.5 Å². The number of aliphatic imine (C=N–C) groups is 2. The number of unbranched alkanes of at least 4 members (excludes halogenated alkanes) is 3. The molecule has 0 radical (unpaired) electrons.